The number of benzene rings is 2. The van der Waals surface area contributed by atoms with Crippen molar-refractivity contribution in [2.75, 3.05) is 13.7 Å². The second kappa shape index (κ2) is 9.19. The first-order valence-corrected chi connectivity index (χ1v) is 9.33. The Kier molecular flexibility index (Phi) is 7.24. The lowest BCUT2D eigenvalue weighted by molar-refractivity contribution is -0.123. The van der Waals surface area contributed by atoms with Gasteiger partial charge in [0.15, 0.2) is 6.61 Å². The van der Waals surface area contributed by atoms with Gasteiger partial charge in [-0.3, -0.25) is 4.79 Å². The number of amides is 1. The third kappa shape index (κ3) is 5.71. The highest BCUT2D eigenvalue weighted by atomic mass is 127. The van der Waals surface area contributed by atoms with E-state index in [1.807, 2.05) is 44.2 Å². The Morgan fingerprint density at radius 3 is 2.72 bits per heavy atom. The summed E-state index contributed by atoms with van der Waals surface area (Å²) in [6.45, 7) is 3.83. The van der Waals surface area contributed by atoms with Crippen molar-refractivity contribution >= 4 is 50.6 Å². The van der Waals surface area contributed by atoms with Crippen LogP contribution in [-0.2, 0) is 4.79 Å². The molecule has 2 aromatic carbocycles. The van der Waals surface area contributed by atoms with Gasteiger partial charge in [-0.1, -0.05) is 6.07 Å². The smallest absolute Gasteiger partial charge is 0.277 e. The minimum Gasteiger partial charge on any atom is -0.496 e. The average Bonchev–Trinajstić information content (AvgIpc) is 2.54. The fourth-order valence-corrected chi connectivity index (χ4v) is 3.74. The predicted molar refractivity (Wildman–Crippen MR) is 111 cm³/mol. The predicted octanol–water partition coefficient (Wildman–Crippen LogP) is 4.21. The molecule has 0 aliphatic rings. The molecule has 0 aromatic heterocycles. The number of carbonyl (C=O) groups is 1. The summed E-state index contributed by atoms with van der Waals surface area (Å²) in [5.74, 6) is 1.13. The van der Waals surface area contributed by atoms with Crippen molar-refractivity contribution in [3.8, 4) is 11.5 Å². The highest BCUT2D eigenvalue weighted by Crippen LogP contribution is 2.30. The minimum absolute atomic E-state index is 0.111. The van der Waals surface area contributed by atoms with Gasteiger partial charge in [0.25, 0.3) is 5.91 Å². The molecule has 25 heavy (non-hydrogen) atoms. The second-order valence-electron chi connectivity index (χ2n) is 5.37. The van der Waals surface area contributed by atoms with Crippen LogP contribution in [0, 0.1) is 17.4 Å². The number of methoxy groups -OCH3 is 1. The quantitative estimate of drug-likeness (QED) is 0.355. The maximum absolute atomic E-state index is 11.9. The number of carbonyl (C=O) groups excluding carboxylic acids is 1. The molecule has 1 N–H and O–H groups in total. The minimum atomic E-state index is -0.327. The van der Waals surface area contributed by atoms with Crippen molar-refractivity contribution in [1.29, 1.82) is 0 Å². The number of aryl methyl sites for hydroxylation is 2. The summed E-state index contributed by atoms with van der Waals surface area (Å²) in [6, 6.07) is 9.58. The van der Waals surface area contributed by atoms with Gasteiger partial charge in [0.2, 0.25) is 0 Å². The standard InChI is InChI=1S/C18H18BrIN2O3/c1-11-6-12(2)18(14(19)7-11)25-10-17(23)22-21-9-13-4-5-16(24-3)15(20)8-13/h4-9H,10H2,1-3H3,(H,22,23). The van der Waals surface area contributed by atoms with E-state index < -0.39 is 0 Å². The van der Waals surface area contributed by atoms with Gasteiger partial charge in [-0.15, -0.1) is 0 Å². The molecule has 0 atom stereocenters. The molecular formula is C18H18BrIN2O3. The van der Waals surface area contributed by atoms with Crippen LogP contribution in [-0.4, -0.2) is 25.8 Å². The Hall–Kier alpha value is -1.61. The lowest BCUT2D eigenvalue weighted by Crippen LogP contribution is -2.24. The number of hydrazone groups is 1. The zero-order chi connectivity index (χ0) is 18.4. The van der Waals surface area contributed by atoms with Gasteiger partial charge in [-0.05, 0) is 93.3 Å². The molecule has 2 aromatic rings. The van der Waals surface area contributed by atoms with Crippen LogP contribution < -0.4 is 14.9 Å². The van der Waals surface area contributed by atoms with E-state index in [0.717, 1.165) is 30.5 Å². The van der Waals surface area contributed by atoms with E-state index >= 15 is 0 Å². The SMILES string of the molecule is COc1ccc(C=NNC(=O)COc2c(C)cc(C)cc2Br)cc1I. The van der Waals surface area contributed by atoms with Gasteiger partial charge in [0.05, 0.1) is 21.4 Å². The number of hydrogen-bond acceptors (Lipinski definition) is 4. The Labute approximate surface area is 169 Å². The van der Waals surface area contributed by atoms with Crippen molar-refractivity contribution in [3.63, 3.8) is 0 Å². The zero-order valence-corrected chi connectivity index (χ0v) is 17.8. The first kappa shape index (κ1) is 19.7. The van der Waals surface area contributed by atoms with Crippen molar-refractivity contribution < 1.29 is 14.3 Å². The molecule has 0 aliphatic heterocycles. The van der Waals surface area contributed by atoms with Gasteiger partial charge >= 0.3 is 0 Å². The van der Waals surface area contributed by atoms with E-state index in [0.29, 0.717) is 5.75 Å². The van der Waals surface area contributed by atoms with E-state index in [2.05, 4.69) is 49.0 Å². The largest absolute Gasteiger partial charge is 0.496 e. The Bertz CT molecular complexity index is 786. The highest BCUT2D eigenvalue weighted by Gasteiger charge is 2.09. The molecule has 0 saturated carbocycles. The first-order chi connectivity index (χ1) is 11.9. The maximum atomic E-state index is 11.9. The van der Waals surface area contributed by atoms with Gasteiger partial charge < -0.3 is 9.47 Å². The summed E-state index contributed by atoms with van der Waals surface area (Å²) in [7, 11) is 1.62. The number of nitrogens with one attached hydrogen (secondary N) is 1. The Balaban J connectivity index is 1.90. The maximum Gasteiger partial charge on any atom is 0.277 e. The van der Waals surface area contributed by atoms with Crippen LogP contribution >= 0.6 is 38.5 Å². The molecule has 0 bridgehead atoms. The fraction of sp³-hybridized carbons (Fsp3) is 0.222. The van der Waals surface area contributed by atoms with Crippen LogP contribution in [0.25, 0.3) is 0 Å². The zero-order valence-electron chi connectivity index (χ0n) is 14.1. The summed E-state index contributed by atoms with van der Waals surface area (Å²) in [5.41, 5.74) is 5.41. The molecule has 0 fully saturated rings. The third-order valence-electron chi connectivity index (χ3n) is 3.30. The topological polar surface area (TPSA) is 59.9 Å². The molecule has 0 unspecified atom stereocenters. The molecule has 1 amide bonds. The molecule has 2 rings (SSSR count). The number of halogens is 2. The lowest BCUT2D eigenvalue weighted by Gasteiger charge is -2.11. The number of nitrogens with zero attached hydrogens (tertiary/aromatic N) is 1. The number of hydrogen-bond donors (Lipinski definition) is 1. The normalized spacial score (nSPS) is 10.8. The van der Waals surface area contributed by atoms with E-state index in [9.17, 15) is 4.79 Å². The molecule has 0 spiro atoms. The Morgan fingerprint density at radius 2 is 2.08 bits per heavy atom. The fourth-order valence-electron chi connectivity index (χ4n) is 2.20. The van der Waals surface area contributed by atoms with Crippen LogP contribution in [0.3, 0.4) is 0 Å². The van der Waals surface area contributed by atoms with Crippen LogP contribution in [0.4, 0.5) is 0 Å². The molecule has 0 heterocycles. The van der Waals surface area contributed by atoms with E-state index in [4.69, 9.17) is 9.47 Å². The average molecular weight is 517 g/mol. The molecule has 132 valence electrons. The summed E-state index contributed by atoms with van der Waals surface area (Å²) in [4.78, 5) is 11.9. The van der Waals surface area contributed by atoms with Gasteiger partial charge in [0, 0.05) is 0 Å². The summed E-state index contributed by atoms with van der Waals surface area (Å²) in [5, 5.41) is 3.95. The van der Waals surface area contributed by atoms with E-state index in [-0.39, 0.29) is 12.5 Å². The molecule has 0 radical (unpaired) electrons. The van der Waals surface area contributed by atoms with Crippen LogP contribution in [0.5, 0.6) is 11.5 Å². The molecule has 0 saturated heterocycles. The van der Waals surface area contributed by atoms with Gasteiger partial charge in [-0.2, -0.15) is 5.10 Å². The Morgan fingerprint density at radius 1 is 1.32 bits per heavy atom. The van der Waals surface area contributed by atoms with Crippen LogP contribution in [0.15, 0.2) is 39.9 Å². The van der Waals surface area contributed by atoms with E-state index in [1.54, 1.807) is 13.3 Å². The second-order valence-corrected chi connectivity index (χ2v) is 7.39. The lowest BCUT2D eigenvalue weighted by atomic mass is 10.1. The summed E-state index contributed by atoms with van der Waals surface area (Å²) < 4.78 is 12.6. The molecule has 7 heteroatoms. The third-order valence-corrected chi connectivity index (χ3v) is 4.73. The van der Waals surface area contributed by atoms with Crippen LogP contribution in [0.2, 0.25) is 0 Å². The van der Waals surface area contributed by atoms with E-state index in [1.165, 1.54) is 0 Å². The molecule has 0 aliphatic carbocycles. The van der Waals surface area contributed by atoms with Crippen molar-refractivity contribution in [2.45, 2.75) is 13.8 Å². The van der Waals surface area contributed by atoms with Gasteiger partial charge in [0.1, 0.15) is 11.5 Å². The van der Waals surface area contributed by atoms with Gasteiger partial charge in [-0.25, -0.2) is 5.43 Å². The molecular weight excluding hydrogens is 499 g/mol. The highest BCUT2D eigenvalue weighted by molar-refractivity contribution is 14.1. The monoisotopic (exact) mass is 516 g/mol. The molecule has 5 nitrogen and oxygen atoms in total. The number of ether oxygens (including phenoxy) is 2. The summed E-state index contributed by atoms with van der Waals surface area (Å²) >= 11 is 5.63. The number of rotatable bonds is 6. The van der Waals surface area contributed by atoms with Crippen LogP contribution in [0.1, 0.15) is 16.7 Å². The van der Waals surface area contributed by atoms with Crippen molar-refractivity contribution in [3.05, 3.63) is 55.1 Å². The summed E-state index contributed by atoms with van der Waals surface area (Å²) in [6.07, 6.45) is 1.58. The van der Waals surface area contributed by atoms with Crippen molar-refractivity contribution in [2.24, 2.45) is 5.10 Å². The first-order valence-electron chi connectivity index (χ1n) is 7.45. The van der Waals surface area contributed by atoms with Crippen molar-refractivity contribution in [1.82, 2.24) is 5.43 Å².